The Morgan fingerprint density at radius 1 is 0.636 bits per heavy atom. The Labute approximate surface area is 129 Å². The fraction of sp³-hybridized carbons (Fsp3) is 0. The molecule has 101 valence electrons. The van der Waals surface area contributed by atoms with Crippen LogP contribution in [0.3, 0.4) is 0 Å². The average Bonchev–Trinajstić information content (AvgIpc) is 2.60. The van der Waals surface area contributed by atoms with Crippen LogP contribution in [-0.4, -0.2) is 0 Å². The molecule has 5 rings (SSSR count). The van der Waals surface area contributed by atoms with E-state index in [1.165, 1.54) is 43.4 Å². The average molecular weight is 277 g/mol. The van der Waals surface area contributed by atoms with Gasteiger partial charge in [0.2, 0.25) is 0 Å². The Bertz CT molecular complexity index is 1100. The number of rotatable bonds is 1. The van der Waals surface area contributed by atoms with Crippen LogP contribution in [0.2, 0.25) is 0 Å². The molecule has 0 atom stereocenters. The van der Waals surface area contributed by atoms with E-state index >= 15 is 0 Å². The second-order valence-electron chi connectivity index (χ2n) is 5.75. The first-order chi connectivity index (χ1) is 10.9. The number of hydrogen-bond donors (Lipinski definition) is 0. The first-order valence-corrected chi connectivity index (χ1v) is 7.55. The lowest BCUT2D eigenvalue weighted by molar-refractivity contribution is 1.67. The van der Waals surface area contributed by atoms with Gasteiger partial charge in [0, 0.05) is 0 Å². The molecule has 5 aromatic rings. The zero-order valence-electron chi connectivity index (χ0n) is 12.0. The van der Waals surface area contributed by atoms with Gasteiger partial charge in [0.25, 0.3) is 0 Å². The van der Waals surface area contributed by atoms with Crippen molar-refractivity contribution in [3.05, 3.63) is 84.9 Å². The van der Waals surface area contributed by atoms with E-state index in [9.17, 15) is 0 Å². The van der Waals surface area contributed by atoms with Crippen LogP contribution in [-0.2, 0) is 0 Å². The van der Waals surface area contributed by atoms with Crippen LogP contribution in [0.1, 0.15) is 0 Å². The maximum atomic E-state index is 3.42. The SMILES string of the molecule is [c]1ccc2ccc3cccc4c(-c5ccccc5)cc1c2c34. The standard InChI is InChI=1S/C22H13/c1-2-6-15(7-3-1)20-14-18-10-4-8-16-12-13-17-9-5-11-19(20)22(17)21(16)18/h1-9,11-14H. The summed E-state index contributed by atoms with van der Waals surface area (Å²) < 4.78 is 0. The molecular formula is C22H13. The molecule has 0 aliphatic rings. The van der Waals surface area contributed by atoms with E-state index in [0.29, 0.717) is 0 Å². The van der Waals surface area contributed by atoms with E-state index in [0.717, 1.165) is 0 Å². The van der Waals surface area contributed by atoms with Crippen molar-refractivity contribution in [2.45, 2.75) is 0 Å². The minimum Gasteiger partial charge on any atom is -0.0622 e. The van der Waals surface area contributed by atoms with Crippen molar-refractivity contribution in [1.82, 2.24) is 0 Å². The maximum Gasteiger partial charge on any atom is -0.00201 e. The molecule has 0 saturated carbocycles. The van der Waals surface area contributed by atoms with Gasteiger partial charge in [-0.2, -0.15) is 0 Å². The Morgan fingerprint density at radius 3 is 2.32 bits per heavy atom. The topological polar surface area (TPSA) is 0 Å². The van der Waals surface area contributed by atoms with E-state index in [4.69, 9.17) is 0 Å². The zero-order valence-corrected chi connectivity index (χ0v) is 12.0. The molecule has 0 bridgehead atoms. The van der Waals surface area contributed by atoms with E-state index < -0.39 is 0 Å². The van der Waals surface area contributed by atoms with Gasteiger partial charge < -0.3 is 0 Å². The van der Waals surface area contributed by atoms with Crippen molar-refractivity contribution in [3.63, 3.8) is 0 Å². The van der Waals surface area contributed by atoms with E-state index in [1.807, 2.05) is 6.07 Å². The molecule has 0 aromatic heterocycles. The lowest BCUT2D eigenvalue weighted by Crippen LogP contribution is -1.87. The van der Waals surface area contributed by atoms with Gasteiger partial charge in [0.15, 0.2) is 0 Å². The molecule has 22 heavy (non-hydrogen) atoms. The van der Waals surface area contributed by atoms with E-state index in [2.05, 4.69) is 78.9 Å². The summed E-state index contributed by atoms with van der Waals surface area (Å²) in [6.07, 6.45) is 0. The third kappa shape index (κ3) is 1.52. The quantitative estimate of drug-likeness (QED) is 0.327. The Hall–Kier alpha value is -2.86. The first-order valence-electron chi connectivity index (χ1n) is 7.55. The summed E-state index contributed by atoms with van der Waals surface area (Å²) in [5, 5.41) is 7.79. The lowest BCUT2D eigenvalue weighted by atomic mass is 9.89. The smallest absolute Gasteiger partial charge is 0.00201 e. The van der Waals surface area contributed by atoms with Crippen molar-refractivity contribution >= 4 is 32.3 Å². The molecule has 0 heteroatoms. The van der Waals surface area contributed by atoms with Crippen LogP contribution in [0.5, 0.6) is 0 Å². The highest BCUT2D eigenvalue weighted by Gasteiger charge is 2.12. The summed E-state index contributed by atoms with van der Waals surface area (Å²) in [4.78, 5) is 0. The third-order valence-electron chi connectivity index (χ3n) is 4.51. The monoisotopic (exact) mass is 277 g/mol. The molecule has 0 aliphatic heterocycles. The Balaban J connectivity index is 2.07. The molecular weight excluding hydrogens is 264 g/mol. The minimum atomic E-state index is 1.20. The summed E-state index contributed by atoms with van der Waals surface area (Å²) in [6, 6.07) is 31.5. The molecule has 0 saturated heterocycles. The van der Waals surface area contributed by atoms with Crippen LogP contribution in [0, 0.1) is 6.07 Å². The van der Waals surface area contributed by atoms with Gasteiger partial charge in [0.1, 0.15) is 0 Å². The summed E-state index contributed by atoms with van der Waals surface area (Å²) in [5.74, 6) is 0. The molecule has 0 N–H and O–H groups in total. The van der Waals surface area contributed by atoms with Crippen molar-refractivity contribution in [2.75, 3.05) is 0 Å². The largest absolute Gasteiger partial charge is 0.0622 e. The predicted molar refractivity (Wildman–Crippen MR) is 94.4 cm³/mol. The fourth-order valence-electron chi connectivity index (χ4n) is 3.53. The van der Waals surface area contributed by atoms with Crippen LogP contribution in [0.25, 0.3) is 43.4 Å². The van der Waals surface area contributed by atoms with Gasteiger partial charge in [-0.3, -0.25) is 0 Å². The van der Waals surface area contributed by atoms with Crippen LogP contribution in [0.15, 0.2) is 78.9 Å². The molecule has 1 radical (unpaired) electrons. The van der Waals surface area contributed by atoms with Crippen molar-refractivity contribution in [2.24, 2.45) is 0 Å². The summed E-state index contributed by atoms with van der Waals surface area (Å²) >= 11 is 0. The normalized spacial score (nSPS) is 11.6. The molecule has 5 aromatic carbocycles. The fourth-order valence-corrected chi connectivity index (χ4v) is 3.53. The second kappa shape index (κ2) is 4.32. The lowest BCUT2D eigenvalue weighted by Gasteiger charge is -2.14. The van der Waals surface area contributed by atoms with Gasteiger partial charge >= 0.3 is 0 Å². The zero-order chi connectivity index (χ0) is 14.5. The molecule has 0 heterocycles. The highest BCUT2D eigenvalue weighted by Crippen LogP contribution is 2.39. The van der Waals surface area contributed by atoms with Crippen molar-refractivity contribution in [1.29, 1.82) is 0 Å². The third-order valence-corrected chi connectivity index (χ3v) is 4.51. The molecule has 0 aliphatic carbocycles. The van der Waals surface area contributed by atoms with Crippen molar-refractivity contribution < 1.29 is 0 Å². The second-order valence-corrected chi connectivity index (χ2v) is 5.75. The number of benzene rings is 5. The summed E-state index contributed by atoms with van der Waals surface area (Å²) in [5.41, 5.74) is 2.54. The van der Waals surface area contributed by atoms with Crippen LogP contribution in [0.4, 0.5) is 0 Å². The number of hydrogen-bond acceptors (Lipinski definition) is 0. The molecule has 0 nitrogen and oxygen atoms in total. The summed E-state index contributed by atoms with van der Waals surface area (Å²) in [7, 11) is 0. The minimum absolute atomic E-state index is 1.20. The van der Waals surface area contributed by atoms with Crippen LogP contribution >= 0.6 is 0 Å². The predicted octanol–water partition coefficient (Wildman–Crippen LogP) is 6.05. The molecule has 0 fully saturated rings. The highest BCUT2D eigenvalue weighted by molar-refractivity contribution is 6.26. The highest BCUT2D eigenvalue weighted by atomic mass is 14.1. The van der Waals surface area contributed by atoms with Crippen molar-refractivity contribution in [3.8, 4) is 11.1 Å². The van der Waals surface area contributed by atoms with Crippen LogP contribution < -0.4 is 0 Å². The van der Waals surface area contributed by atoms with E-state index in [1.54, 1.807) is 0 Å². The Morgan fingerprint density at radius 2 is 1.45 bits per heavy atom. The Kier molecular flexibility index (Phi) is 2.31. The maximum absolute atomic E-state index is 3.42. The summed E-state index contributed by atoms with van der Waals surface area (Å²) in [6.45, 7) is 0. The molecule has 0 spiro atoms. The van der Waals surface area contributed by atoms with Gasteiger partial charge in [0.05, 0.1) is 0 Å². The first kappa shape index (κ1) is 11.8. The molecule has 0 amide bonds. The van der Waals surface area contributed by atoms with Gasteiger partial charge in [-0.25, -0.2) is 0 Å². The van der Waals surface area contributed by atoms with E-state index in [-0.39, 0.29) is 0 Å². The van der Waals surface area contributed by atoms with Gasteiger partial charge in [-0.05, 0) is 55.6 Å². The van der Waals surface area contributed by atoms with Gasteiger partial charge in [-0.15, -0.1) is 0 Å². The van der Waals surface area contributed by atoms with Gasteiger partial charge in [-0.1, -0.05) is 72.8 Å². The molecule has 0 unspecified atom stereocenters.